The smallest absolute Gasteiger partial charge is 0.336 e. The van der Waals surface area contributed by atoms with E-state index in [0.29, 0.717) is 30.7 Å². The van der Waals surface area contributed by atoms with Gasteiger partial charge in [-0.2, -0.15) is 5.10 Å². The summed E-state index contributed by atoms with van der Waals surface area (Å²) in [6.45, 7) is 2.43. The van der Waals surface area contributed by atoms with Crippen LogP contribution in [0.1, 0.15) is 36.8 Å². The Kier molecular flexibility index (Phi) is 6.43. The van der Waals surface area contributed by atoms with Gasteiger partial charge in [-0.15, -0.1) is 0 Å². The van der Waals surface area contributed by atoms with E-state index in [9.17, 15) is 9.59 Å². The summed E-state index contributed by atoms with van der Waals surface area (Å²) >= 11 is 3.49. The zero-order valence-corrected chi connectivity index (χ0v) is 21.2. The molecule has 0 spiro atoms. The first-order valence-electron chi connectivity index (χ1n) is 11.6. The highest BCUT2D eigenvalue weighted by Crippen LogP contribution is 2.46. The van der Waals surface area contributed by atoms with E-state index in [1.807, 2.05) is 72.4 Å². The molecule has 5 rings (SSSR count). The van der Waals surface area contributed by atoms with Gasteiger partial charge in [0.25, 0.3) is 0 Å². The van der Waals surface area contributed by atoms with Crippen molar-refractivity contribution in [1.29, 1.82) is 0 Å². The van der Waals surface area contributed by atoms with E-state index in [2.05, 4.69) is 27.3 Å². The summed E-state index contributed by atoms with van der Waals surface area (Å²) < 4.78 is 8.09. The molecule has 1 N–H and O–H groups in total. The number of nitrogens with one attached hydrogen (secondary N) is 1. The number of ketones is 1. The molecule has 0 saturated heterocycles. The quantitative estimate of drug-likeness (QED) is 0.448. The summed E-state index contributed by atoms with van der Waals surface area (Å²) in [5.74, 6) is -1.28. The average Bonchev–Trinajstić information content (AvgIpc) is 3.28. The maximum absolute atomic E-state index is 13.3. The predicted molar refractivity (Wildman–Crippen MR) is 137 cm³/mol. The van der Waals surface area contributed by atoms with Crippen molar-refractivity contribution in [2.24, 2.45) is 5.92 Å². The molecule has 0 amide bonds. The van der Waals surface area contributed by atoms with Crippen LogP contribution in [0.25, 0.3) is 11.3 Å². The monoisotopic (exact) mass is 531 g/mol. The highest BCUT2D eigenvalue weighted by Gasteiger charge is 2.44. The minimum Gasteiger partial charge on any atom is -0.466 e. The summed E-state index contributed by atoms with van der Waals surface area (Å²) in [4.78, 5) is 26.3. The number of Topliss-reactive ketones (excluding diaryl/α,β-unsaturated/α-hetero) is 1. The maximum Gasteiger partial charge on any atom is 0.336 e. The van der Waals surface area contributed by atoms with Gasteiger partial charge in [-0.05, 0) is 31.0 Å². The van der Waals surface area contributed by atoms with Gasteiger partial charge in [-0.25, -0.2) is 4.79 Å². The van der Waals surface area contributed by atoms with Gasteiger partial charge in [-0.3, -0.25) is 9.48 Å². The van der Waals surface area contributed by atoms with Gasteiger partial charge in [0.1, 0.15) is 5.78 Å². The number of carbonyl (C=O) groups excluding carboxylic acids is 2. The van der Waals surface area contributed by atoms with Crippen molar-refractivity contribution in [2.75, 3.05) is 7.11 Å². The van der Waals surface area contributed by atoms with Crippen molar-refractivity contribution >= 4 is 27.7 Å². The SMILES string of the molecule is COC(=O)C1=C(C)NC2=CCCC(=O)C2C1c1cn(Cc2ccc(Br)cc2)nc1-c1ccccc1. The van der Waals surface area contributed by atoms with Gasteiger partial charge < -0.3 is 10.1 Å². The van der Waals surface area contributed by atoms with E-state index in [1.165, 1.54) is 7.11 Å². The minimum absolute atomic E-state index is 0.119. The Labute approximate surface area is 212 Å². The summed E-state index contributed by atoms with van der Waals surface area (Å²) in [6.07, 6.45) is 5.20. The van der Waals surface area contributed by atoms with Crippen LogP contribution in [-0.4, -0.2) is 28.6 Å². The summed E-state index contributed by atoms with van der Waals surface area (Å²) in [7, 11) is 1.38. The molecular weight excluding hydrogens is 506 g/mol. The number of rotatable bonds is 5. The van der Waals surface area contributed by atoms with E-state index in [-0.39, 0.29) is 5.78 Å². The zero-order valence-electron chi connectivity index (χ0n) is 19.6. The number of hydrogen-bond donors (Lipinski definition) is 1. The standard InChI is InChI=1S/C28H26BrN3O3/c1-17-24(28(34)35-2)25(26-22(30-17)9-6-10-23(26)33)21-16-32(15-18-11-13-20(29)14-12-18)31-27(21)19-7-4-3-5-8-19/h3-5,7-9,11-14,16,25-26,30H,6,10,15H2,1-2H3. The average molecular weight is 532 g/mol. The van der Waals surface area contributed by atoms with Gasteiger partial charge >= 0.3 is 5.97 Å². The molecule has 1 aliphatic carbocycles. The number of allylic oxidation sites excluding steroid dienone is 3. The molecule has 1 aromatic heterocycles. The Morgan fingerprint density at radius 1 is 1.14 bits per heavy atom. The van der Waals surface area contributed by atoms with Crippen LogP contribution in [0.4, 0.5) is 0 Å². The summed E-state index contributed by atoms with van der Waals surface area (Å²) in [6, 6.07) is 18.0. The highest BCUT2D eigenvalue weighted by molar-refractivity contribution is 9.10. The number of methoxy groups -OCH3 is 1. The normalized spacial score (nSPS) is 19.6. The van der Waals surface area contributed by atoms with Crippen LogP contribution >= 0.6 is 15.9 Å². The molecule has 6 nitrogen and oxygen atoms in total. The Bertz CT molecular complexity index is 1340. The second-order valence-electron chi connectivity index (χ2n) is 8.90. The minimum atomic E-state index is -0.489. The maximum atomic E-state index is 13.3. The van der Waals surface area contributed by atoms with Crippen LogP contribution in [0.2, 0.25) is 0 Å². The van der Waals surface area contributed by atoms with E-state index >= 15 is 0 Å². The first kappa shape index (κ1) is 23.3. The number of fused-ring (bicyclic) bond motifs is 1. The van der Waals surface area contributed by atoms with E-state index in [0.717, 1.165) is 32.6 Å². The van der Waals surface area contributed by atoms with Crippen LogP contribution < -0.4 is 5.32 Å². The Balaban J connectivity index is 1.69. The van der Waals surface area contributed by atoms with Gasteiger partial charge in [-0.1, -0.05) is 64.5 Å². The lowest BCUT2D eigenvalue weighted by atomic mass is 9.70. The molecule has 2 aliphatic rings. The molecule has 1 aliphatic heterocycles. The number of hydrogen-bond acceptors (Lipinski definition) is 5. The molecule has 0 bridgehead atoms. The summed E-state index contributed by atoms with van der Waals surface area (Å²) in [5.41, 5.74) is 5.69. The molecule has 35 heavy (non-hydrogen) atoms. The topological polar surface area (TPSA) is 73.2 Å². The summed E-state index contributed by atoms with van der Waals surface area (Å²) in [5, 5.41) is 8.27. The van der Waals surface area contributed by atoms with Crippen LogP contribution in [0, 0.1) is 5.92 Å². The van der Waals surface area contributed by atoms with Crippen LogP contribution in [-0.2, 0) is 20.9 Å². The van der Waals surface area contributed by atoms with Crippen molar-refractivity contribution in [3.8, 4) is 11.3 Å². The molecule has 7 heteroatoms. The van der Waals surface area contributed by atoms with Crippen molar-refractivity contribution in [1.82, 2.24) is 15.1 Å². The first-order valence-corrected chi connectivity index (χ1v) is 12.4. The third kappa shape index (κ3) is 4.48. The fraction of sp³-hybridized carbons (Fsp3) is 0.250. The number of ether oxygens (including phenoxy) is 1. The molecular formula is C28H26BrN3O3. The lowest BCUT2D eigenvalue weighted by Gasteiger charge is -2.37. The van der Waals surface area contributed by atoms with Crippen LogP contribution in [0.5, 0.6) is 0 Å². The molecule has 0 radical (unpaired) electrons. The van der Waals surface area contributed by atoms with Gasteiger partial charge in [0.2, 0.25) is 0 Å². The van der Waals surface area contributed by atoms with E-state index in [1.54, 1.807) is 0 Å². The lowest BCUT2D eigenvalue weighted by molar-refractivity contribution is -0.136. The lowest BCUT2D eigenvalue weighted by Crippen LogP contribution is -2.40. The fourth-order valence-corrected chi connectivity index (χ4v) is 5.34. The second kappa shape index (κ2) is 9.66. The second-order valence-corrected chi connectivity index (χ2v) is 9.81. The molecule has 2 aromatic carbocycles. The molecule has 0 saturated carbocycles. The Hall–Kier alpha value is -3.45. The predicted octanol–water partition coefficient (Wildman–Crippen LogP) is 5.36. The number of benzene rings is 2. The van der Waals surface area contributed by atoms with Crippen molar-refractivity contribution in [2.45, 2.75) is 32.2 Å². The largest absolute Gasteiger partial charge is 0.466 e. The number of halogens is 1. The Morgan fingerprint density at radius 2 is 1.89 bits per heavy atom. The van der Waals surface area contributed by atoms with Crippen molar-refractivity contribution in [3.63, 3.8) is 0 Å². The van der Waals surface area contributed by atoms with Gasteiger partial charge in [0.05, 0.1) is 30.8 Å². The molecule has 178 valence electrons. The van der Waals surface area contributed by atoms with Crippen LogP contribution in [0.15, 0.2) is 88.3 Å². The molecule has 2 unspecified atom stereocenters. The zero-order chi connectivity index (χ0) is 24.5. The van der Waals surface area contributed by atoms with E-state index in [4.69, 9.17) is 9.84 Å². The number of esters is 1. The molecule has 2 heterocycles. The van der Waals surface area contributed by atoms with Crippen molar-refractivity contribution in [3.05, 3.63) is 99.4 Å². The third-order valence-electron chi connectivity index (χ3n) is 6.65. The number of carbonyl (C=O) groups is 2. The fourth-order valence-electron chi connectivity index (χ4n) is 5.07. The first-order chi connectivity index (χ1) is 17.0. The van der Waals surface area contributed by atoms with Crippen molar-refractivity contribution < 1.29 is 14.3 Å². The van der Waals surface area contributed by atoms with Gasteiger partial charge in [0.15, 0.2) is 0 Å². The number of aromatic nitrogens is 2. The molecule has 3 aromatic rings. The molecule has 2 atom stereocenters. The van der Waals surface area contributed by atoms with Crippen LogP contribution in [0.3, 0.4) is 0 Å². The molecule has 0 fully saturated rings. The van der Waals surface area contributed by atoms with Gasteiger partial charge in [0, 0.05) is 45.5 Å². The number of nitrogens with zero attached hydrogens (tertiary/aromatic N) is 2. The van der Waals surface area contributed by atoms with E-state index < -0.39 is 17.8 Å². The highest BCUT2D eigenvalue weighted by atomic mass is 79.9. The Morgan fingerprint density at radius 3 is 2.60 bits per heavy atom. The third-order valence-corrected chi connectivity index (χ3v) is 7.18.